The molecule has 0 radical (unpaired) electrons. The number of hydrogen-bond donors (Lipinski definition) is 2. The van der Waals surface area contributed by atoms with Crippen LogP contribution in [0.4, 0.5) is 4.79 Å². The average Bonchev–Trinajstić information content (AvgIpc) is 2.25. The van der Waals surface area contributed by atoms with Crippen LogP contribution < -0.4 is 10.6 Å². The maximum atomic E-state index is 10.7. The fraction of sp³-hybridized carbons (Fsp3) is 0.727. The number of carbonyl (C=O) groups excluding carboxylic acids is 3. The Morgan fingerprint density at radius 1 is 1.28 bits per heavy atom. The summed E-state index contributed by atoms with van der Waals surface area (Å²) >= 11 is 0. The summed E-state index contributed by atoms with van der Waals surface area (Å²) in [6.07, 6.45) is 0.0359. The van der Waals surface area contributed by atoms with Crippen molar-refractivity contribution in [2.75, 3.05) is 27.2 Å². The number of likely N-dealkylation sites (N-methyl/N-ethyl adjacent to an activating group) is 1. The number of nitrogens with one attached hydrogen (secondary N) is 2. The monoisotopic (exact) mass is 262 g/mol. The SMILES string of the molecule is CC(C)(C)OC(=O)NCC=O.CNCC(=O)OC. The second kappa shape index (κ2) is 10.5. The molecule has 0 rings (SSSR count). The normalized spacial score (nSPS) is 9.61. The lowest BCUT2D eigenvalue weighted by Gasteiger charge is -2.18. The molecule has 2 N–H and O–H groups in total. The van der Waals surface area contributed by atoms with Crippen LogP contribution in [0.5, 0.6) is 0 Å². The molecule has 0 aliphatic rings. The number of esters is 1. The average molecular weight is 262 g/mol. The van der Waals surface area contributed by atoms with Gasteiger partial charge >= 0.3 is 12.1 Å². The van der Waals surface area contributed by atoms with Gasteiger partial charge < -0.3 is 24.9 Å². The molecular formula is C11H22N2O5. The number of rotatable bonds is 4. The number of hydrogen-bond acceptors (Lipinski definition) is 6. The van der Waals surface area contributed by atoms with Crippen LogP contribution in [0.2, 0.25) is 0 Å². The highest BCUT2D eigenvalue weighted by atomic mass is 16.6. The van der Waals surface area contributed by atoms with Crippen LogP contribution in [-0.2, 0) is 19.1 Å². The molecule has 18 heavy (non-hydrogen) atoms. The van der Waals surface area contributed by atoms with Gasteiger partial charge in [0.25, 0.3) is 0 Å². The van der Waals surface area contributed by atoms with Crippen LogP contribution in [0.15, 0.2) is 0 Å². The van der Waals surface area contributed by atoms with Crippen LogP contribution in [-0.4, -0.2) is 51.2 Å². The van der Waals surface area contributed by atoms with Gasteiger partial charge in [-0.05, 0) is 27.8 Å². The molecule has 0 atom stereocenters. The topological polar surface area (TPSA) is 93.7 Å². The Morgan fingerprint density at radius 3 is 2.11 bits per heavy atom. The predicted molar refractivity (Wildman–Crippen MR) is 66.2 cm³/mol. The second-order valence-electron chi connectivity index (χ2n) is 4.16. The Hall–Kier alpha value is -1.63. The Balaban J connectivity index is 0. The van der Waals surface area contributed by atoms with Gasteiger partial charge in [0, 0.05) is 0 Å². The molecule has 0 aromatic carbocycles. The summed E-state index contributed by atoms with van der Waals surface area (Å²) in [5, 5.41) is 4.90. The van der Waals surface area contributed by atoms with Crippen LogP contribution in [0.1, 0.15) is 20.8 Å². The highest BCUT2D eigenvalue weighted by molar-refractivity contribution is 5.71. The van der Waals surface area contributed by atoms with Gasteiger partial charge in [0.2, 0.25) is 0 Å². The summed E-state index contributed by atoms with van der Waals surface area (Å²) in [5.41, 5.74) is -0.507. The Labute approximate surface area is 107 Å². The summed E-state index contributed by atoms with van der Waals surface area (Å²) in [6.45, 7) is 5.56. The molecule has 0 saturated carbocycles. The predicted octanol–water partition coefficient (Wildman–Crippen LogP) is 0.0888. The van der Waals surface area contributed by atoms with E-state index in [4.69, 9.17) is 4.74 Å². The van der Waals surface area contributed by atoms with E-state index in [0.717, 1.165) is 0 Å². The molecule has 1 amide bonds. The first-order valence-electron chi connectivity index (χ1n) is 5.38. The molecule has 0 aromatic rings. The molecule has 7 heteroatoms. The third-order valence-electron chi connectivity index (χ3n) is 1.28. The highest BCUT2D eigenvalue weighted by Gasteiger charge is 2.14. The van der Waals surface area contributed by atoms with E-state index in [1.165, 1.54) is 7.11 Å². The summed E-state index contributed by atoms with van der Waals surface area (Å²) in [5.74, 6) is -0.234. The second-order valence-corrected chi connectivity index (χ2v) is 4.16. The molecule has 0 saturated heterocycles. The standard InChI is InChI=1S/C7H13NO3.C4H9NO2/c1-7(2,3)11-6(10)8-4-5-9;1-5-3-4(6)7-2/h5H,4H2,1-3H3,(H,8,10);5H,3H2,1-2H3. The zero-order valence-corrected chi connectivity index (χ0v) is 11.5. The van der Waals surface area contributed by atoms with Crippen LogP contribution in [0.25, 0.3) is 0 Å². The molecule has 7 nitrogen and oxygen atoms in total. The van der Waals surface area contributed by atoms with Crippen molar-refractivity contribution in [1.82, 2.24) is 10.6 Å². The first-order chi connectivity index (χ1) is 8.26. The molecule has 0 unspecified atom stereocenters. The molecule has 0 spiro atoms. The zero-order chi connectivity index (χ0) is 14.6. The van der Waals surface area contributed by atoms with Crippen molar-refractivity contribution in [3.63, 3.8) is 0 Å². The summed E-state index contributed by atoms with van der Waals surface area (Å²) in [7, 11) is 3.05. The van der Waals surface area contributed by atoms with E-state index < -0.39 is 11.7 Å². The fourth-order valence-electron chi connectivity index (χ4n) is 0.656. The van der Waals surface area contributed by atoms with Crippen molar-refractivity contribution in [1.29, 1.82) is 0 Å². The summed E-state index contributed by atoms with van der Waals surface area (Å²) in [6, 6.07) is 0. The smallest absolute Gasteiger partial charge is 0.408 e. The van der Waals surface area contributed by atoms with Crippen molar-refractivity contribution in [2.45, 2.75) is 26.4 Å². The van der Waals surface area contributed by atoms with Crippen LogP contribution >= 0.6 is 0 Å². The van der Waals surface area contributed by atoms with Crippen molar-refractivity contribution >= 4 is 18.3 Å². The fourth-order valence-corrected chi connectivity index (χ4v) is 0.656. The lowest BCUT2D eigenvalue weighted by molar-refractivity contribution is -0.139. The largest absolute Gasteiger partial charge is 0.468 e. The number of carbonyl (C=O) groups is 3. The molecule has 0 aliphatic heterocycles. The lowest BCUT2D eigenvalue weighted by Crippen LogP contribution is -2.33. The molecule has 0 aliphatic carbocycles. The quantitative estimate of drug-likeness (QED) is 0.551. The minimum absolute atomic E-state index is 0.00505. The van der Waals surface area contributed by atoms with Crippen molar-refractivity contribution < 1.29 is 23.9 Å². The number of ether oxygens (including phenoxy) is 2. The molecule has 0 bridgehead atoms. The van der Waals surface area contributed by atoms with E-state index in [2.05, 4.69) is 15.4 Å². The zero-order valence-electron chi connectivity index (χ0n) is 11.5. The van der Waals surface area contributed by atoms with Gasteiger partial charge in [-0.2, -0.15) is 0 Å². The van der Waals surface area contributed by atoms with Gasteiger partial charge in [0.05, 0.1) is 20.2 Å². The molecule has 0 aromatic heterocycles. The first-order valence-corrected chi connectivity index (χ1v) is 5.38. The molecule has 0 heterocycles. The first kappa shape index (κ1) is 18.7. The minimum atomic E-state index is -0.565. The van der Waals surface area contributed by atoms with Crippen molar-refractivity contribution in [2.24, 2.45) is 0 Å². The summed E-state index contributed by atoms with van der Waals surface area (Å²) in [4.78, 5) is 30.7. The maximum absolute atomic E-state index is 10.7. The van der Waals surface area contributed by atoms with E-state index in [-0.39, 0.29) is 19.1 Å². The number of alkyl carbamates (subject to hydrolysis) is 1. The van der Waals surface area contributed by atoms with Gasteiger partial charge in [-0.1, -0.05) is 0 Å². The third kappa shape index (κ3) is 16.8. The highest BCUT2D eigenvalue weighted by Crippen LogP contribution is 2.05. The van der Waals surface area contributed by atoms with Gasteiger partial charge in [-0.15, -0.1) is 0 Å². The number of methoxy groups -OCH3 is 1. The van der Waals surface area contributed by atoms with Gasteiger partial charge in [-0.25, -0.2) is 4.79 Å². The Kier molecular flexibility index (Phi) is 10.9. The van der Waals surface area contributed by atoms with E-state index in [1.807, 2.05) is 0 Å². The van der Waals surface area contributed by atoms with Crippen molar-refractivity contribution in [3.05, 3.63) is 0 Å². The van der Waals surface area contributed by atoms with Gasteiger partial charge in [-0.3, -0.25) is 4.79 Å². The Morgan fingerprint density at radius 2 is 1.83 bits per heavy atom. The van der Waals surface area contributed by atoms with Crippen LogP contribution in [0.3, 0.4) is 0 Å². The molecule has 0 fully saturated rings. The number of aldehydes is 1. The van der Waals surface area contributed by atoms with E-state index in [1.54, 1.807) is 27.8 Å². The van der Waals surface area contributed by atoms with E-state index in [0.29, 0.717) is 6.29 Å². The van der Waals surface area contributed by atoms with Gasteiger partial charge in [0.1, 0.15) is 11.9 Å². The van der Waals surface area contributed by atoms with Gasteiger partial charge in [0.15, 0.2) is 0 Å². The van der Waals surface area contributed by atoms with Crippen LogP contribution in [0, 0.1) is 0 Å². The number of amides is 1. The Bertz CT molecular complexity index is 261. The minimum Gasteiger partial charge on any atom is -0.468 e. The molecular weight excluding hydrogens is 240 g/mol. The summed E-state index contributed by atoms with van der Waals surface area (Å²) < 4.78 is 9.12. The lowest BCUT2D eigenvalue weighted by atomic mass is 10.2. The van der Waals surface area contributed by atoms with E-state index in [9.17, 15) is 14.4 Å². The van der Waals surface area contributed by atoms with E-state index >= 15 is 0 Å². The third-order valence-corrected chi connectivity index (χ3v) is 1.28. The maximum Gasteiger partial charge on any atom is 0.408 e. The van der Waals surface area contributed by atoms with Crippen molar-refractivity contribution in [3.8, 4) is 0 Å². The molecule has 106 valence electrons.